The number of aromatic nitrogens is 2. The van der Waals surface area contributed by atoms with Crippen molar-refractivity contribution < 1.29 is 14.7 Å². The van der Waals surface area contributed by atoms with E-state index < -0.39 is 5.97 Å². The van der Waals surface area contributed by atoms with Gasteiger partial charge in [0, 0.05) is 23.8 Å². The lowest BCUT2D eigenvalue weighted by Crippen LogP contribution is -2.34. The Kier molecular flexibility index (Phi) is 3.43. The summed E-state index contributed by atoms with van der Waals surface area (Å²) in [6, 6.07) is -0.0210. The van der Waals surface area contributed by atoms with Crippen LogP contribution in [0, 0.1) is 5.92 Å². The Labute approximate surface area is 119 Å². The third-order valence-corrected chi connectivity index (χ3v) is 4.40. The summed E-state index contributed by atoms with van der Waals surface area (Å²) < 4.78 is 1.89. The van der Waals surface area contributed by atoms with Gasteiger partial charge in [0.05, 0.1) is 18.0 Å². The van der Waals surface area contributed by atoms with Gasteiger partial charge in [0.15, 0.2) is 4.96 Å². The summed E-state index contributed by atoms with van der Waals surface area (Å²) in [6.07, 6.45) is 5.90. The van der Waals surface area contributed by atoms with E-state index >= 15 is 0 Å². The average Bonchev–Trinajstić information content (AvgIpc) is 3.03. The fourth-order valence-corrected chi connectivity index (χ4v) is 3.36. The van der Waals surface area contributed by atoms with Crippen LogP contribution in [0.2, 0.25) is 0 Å². The molecule has 0 saturated heterocycles. The maximum atomic E-state index is 11.9. The second kappa shape index (κ2) is 5.24. The molecular formula is C13H15N3O3S. The zero-order chi connectivity index (χ0) is 14.1. The number of nitrogens with one attached hydrogen (secondary N) is 1. The molecule has 1 aliphatic carbocycles. The monoisotopic (exact) mass is 293 g/mol. The van der Waals surface area contributed by atoms with Crippen LogP contribution in [0.5, 0.6) is 0 Å². The van der Waals surface area contributed by atoms with Crippen molar-refractivity contribution >= 4 is 28.2 Å². The lowest BCUT2D eigenvalue weighted by molar-refractivity contribution is -0.141. The van der Waals surface area contributed by atoms with Crippen LogP contribution in [0.1, 0.15) is 25.0 Å². The van der Waals surface area contributed by atoms with Crippen LogP contribution in [0.15, 0.2) is 17.8 Å². The number of amides is 1. The third kappa shape index (κ3) is 2.67. The topological polar surface area (TPSA) is 83.7 Å². The molecule has 0 bridgehead atoms. The Morgan fingerprint density at radius 2 is 2.35 bits per heavy atom. The summed E-state index contributed by atoms with van der Waals surface area (Å²) in [5, 5.41) is 13.8. The van der Waals surface area contributed by atoms with Gasteiger partial charge in [0.2, 0.25) is 5.91 Å². The Bertz CT molecular complexity index is 620. The van der Waals surface area contributed by atoms with Gasteiger partial charge in [0.25, 0.3) is 0 Å². The highest BCUT2D eigenvalue weighted by atomic mass is 32.1. The Morgan fingerprint density at radius 3 is 3.05 bits per heavy atom. The van der Waals surface area contributed by atoms with Gasteiger partial charge in [-0.25, -0.2) is 4.98 Å². The Morgan fingerprint density at radius 1 is 1.50 bits per heavy atom. The van der Waals surface area contributed by atoms with Crippen LogP contribution in [0.3, 0.4) is 0 Å². The molecule has 6 nitrogen and oxygen atoms in total. The van der Waals surface area contributed by atoms with Crippen molar-refractivity contribution in [1.29, 1.82) is 0 Å². The van der Waals surface area contributed by atoms with Crippen LogP contribution in [0.4, 0.5) is 0 Å². The first-order chi connectivity index (χ1) is 9.61. The summed E-state index contributed by atoms with van der Waals surface area (Å²) in [5.74, 6) is -1.18. The van der Waals surface area contributed by atoms with Crippen LogP contribution in [-0.4, -0.2) is 32.4 Å². The molecule has 0 unspecified atom stereocenters. The zero-order valence-electron chi connectivity index (χ0n) is 10.8. The van der Waals surface area contributed by atoms with Crippen LogP contribution < -0.4 is 5.32 Å². The molecule has 0 aromatic carbocycles. The molecule has 106 valence electrons. The number of aliphatic carboxylic acids is 1. The first-order valence-electron chi connectivity index (χ1n) is 6.55. The van der Waals surface area contributed by atoms with E-state index in [0.29, 0.717) is 12.8 Å². The van der Waals surface area contributed by atoms with Gasteiger partial charge in [-0.1, -0.05) is 0 Å². The molecule has 2 heterocycles. The molecule has 2 aromatic rings. The number of imidazole rings is 1. The first-order valence-corrected chi connectivity index (χ1v) is 7.43. The van der Waals surface area contributed by atoms with Crippen molar-refractivity contribution in [2.45, 2.75) is 31.7 Å². The molecule has 1 aliphatic rings. The molecule has 0 radical (unpaired) electrons. The number of hydrogen-bond acceptors (Lipinski definition) is 4. The van der Waals surface area contributed by atoms with E-state index in [9.17, 15) is 9.59 Å². The maximum absolute atomic E-state index is 11.9. The Balaban J connectivity index is 1.55. The number of hydrogen-bond donors (Lipinski definition) is 2. The number of thiazole rings is 1. The number of nitrogens with zero attached hydrogens (tertiary/aromatic N) is 2. The highest BCUT2D eigenvalue weighted by Crippen LogP contribution is 2.25. The van der Waals surface area contributed by atoms with Crippen LogP contribution in [-0.2, 0) is 16.0 Å². The van der Waals surface area contributed by atoms with Crippen LogP contribution in [0.25, 0.3) is 4.96 Å². The molecule has 2 aromatic heterocycles. The minimum Gasteiger partial charge on any atom is -0.481 e. The van der Waals surface area contributed by atoms with E-state index in [0.717, 1.165) is 17.1 Å². The number of rotatable bonds is 4. The molecule has 20 heavy (non-hydrogen) atoms. The van der Waals surface area contributed by atoms with Crippen molar-refractivity contribution in [3.05, 3.63) is 23.5 Å². The lowest BCUT2D eigenvalue weighted by Gasteiger charge is -2.11. The van der Waals surface area contributed by atoms with Gasteiger partial charge < -0.3 is 10.4 Å². The average molecular weight is 293 g/mol. The summed E-state index contributed by atoms with van der Waals surface area (Å²) in [5.41, 5.74) is 0.738. The van der Waals surface area contributed by atoms with Crippen molar-refractivity contribution in [3.8, 4) is 0 Å². The van der Waals surface area contributed by atoms with Gasteiger partial charge in [-0.05, 0) is 19.3 Å². The molecule has 2 N–H and O–H groups in total. The number of carbonyl (C=O) groups excluding carboxylic acids is 1. The third-order valence-electron chi connectivity index (χ3n) is 3.63. The van der Waals surface area contributed by atoms with Gasteiger partial charge >= 0.3 is 5.97 Å². The van der Waals surface area contributed by atoms with E-state index in [2.05, 4.69) is 10.3 Å². The fraction of sp³-hybridized carbons (Fsp3) is 0.462. The minimum absolute atomic E-state index is 0.0210. The second-order valence-electron chi connectivity index (χ2n) is 5.11. The highest BCUT2D eigenvalue weighted by molar-refractivity contribution is 7.15. The number of carboxylic acid groups (broad SMARTS) is 1. The lowest BCUT2D eigenvalue weighted by atomic mass is 10.1. The summed E-state index contributed by atoms with van der Waals surface area (Å²) in [7, 11) is 0. The van der Waals surface area contributed by atoms with Gasteiger partial charge in [0.1, 0.15) is 0 Å². The highest BCUT2D eigenvalue weighted by Gasteiger charge is 2.30. The summed E-state index contributed by atoms with van der Waals surface area (Å²) in [6.45, 7) is 0. The molecule has 1 fully saturated rings. The normalized spacial score (nSPS) is 22.2. The van der Waals surface area contributed by atoms with Crippen molar-refractivity contribution in [3.63, 3.8) is 0 Å². The largest absolute Gasteiger partial charge is 0.481 e. The Hall–Kier alpha value is -1.89. The predicted molar refractivity (Wildman–Crippen MR) is 73.7 cm³/mol. The van der Waals surface area contributed by atoms with E-state index in [1.54, 1.807) is 0 Å². The smallest absolute Gasteiger partial charge is 0.306 e. The number of fused-ring (bicyclic) bond motifs is 1. The molecule has 0 aliphatic heterocycles. The van der Waals surface area contributed by atoms with Crippen molar-refractivity contribution in [1.82, 2.24) is 14.7 Å². The number of carbonyl (C=O) groups is 2. The quantitative estimate of drug-likeness (QED) is 0.890. The minimum atomic E-state index is -0.768. The molecule has 3 rings (SSSR count). The zero-order valence-corrected chi connectivity index (χ0v) is 11.6. The van der Waals surface area contributed by atoms with Crippen LogP contribution >= 0.6 is 11.3 Å². The molecular weight excluding hydrogens is 278 g/mol. The van der Waals surface area contributed by atoms with E-state index in [-0.39, 0.29) is 24.3 Å². The van der Waals surface area contributed by atoms with E-state index in [1.807, 2.05) is 22.2 Å². The standard InChI is InChI=1S/C13H15N3O3S/c17-11(14-9-2-1-8(5-9)12(18)19)6-10-7-16-3-4-20-13(16)15-10/h3-4,7-9H,1-2,5-6H2,(H,14,17)(H,18,19)/t8-,9+/m1/s1. The van der Waals surface area contributed by atoms with Crippen molar-refractivity contribution in [2.75, 3.05) is 0 Å². The first kappa shape index (κ1) is 13.1. The molecule has 1 saturated carbocycles. The summed E-state index contributed by atoms with van der Waals surface area (Å²) >= 11 is 1.53. The van der Waals surface area contributed by atoms with Gasteiger partial charge in [-0.15, -0.1) is 11.3 Å². The van der Waals surface area contributed by atoms with Gasteiger partial charge in [-0.2, -0.15) is 0 Å². The molecule has 1 amide bonds. The second-order valence-corrected chi connectivity index (χ2v) is 5.99. The fourth-order valence-electron chi connectivity index (χ4n) is 2.64. The van der Waals surface area contributed by atoms with E-state index in [4.69, 9.17) is 5.11 Å². The predicted octanol–water partition coefficient (Wildman–Crippen LogP) is 1.31. The molecule has 0 spiro atoms. The van der Waals surface area contributed by atoms with Crippen molar-refractivity contribution in [2.24, 2.45) is 5.92 Å². The van der Waals surface area contributed by atoms with Gasteiger partial charge in [-0.3, -0.25) is 14.0 Å². The van der Waals surface area contributed by atoms with E-state index in [1.165, 1.54) is 11.3 Å². The molecule has 7 heteroatoms. The SMILES string of the molecule is O=C(Cc1cn2ccsc2n1)N[C@H]1CC[C@@H](C(=O)O)C1. The maximum Gasteiger partial charge on any atom is 0.306 e. The molecule has 2 atom stereocenters. The number of carboxylic acids is 1. The summed E-state index contributed by atoms with van der Waals surface area (Å²) in [4.78, 5) is 28.0.